The SMILES string of the molecule is CC(C)(C)NC(=O)C1CC(S(=O)(=O)c2ccccc2)CCN1C(=O)OC(C)(C)C. The van der Waals surface area contributed by atoms with Crippen molar-refractivity contribution in [3.63, 3.8) is 0 Å². The van der Waals surface area contributed by atoms with E-state index in [2.05, 4.69) is 5.32 Å². The van der Waals surface area contributed by atoms with Crippen LogP contribution in [0.2, 0.25) is 0 Å². The van der Waals surface area contributed by atoms with Crippen LogP contribution in [-0.4, -0.2) is 54.3 Å². The van der Waals surface area contributed by atoms with Gasteiger partial charge in [0.05, 0.1) is 10.1 Å². The van der Waals surface area contributed by atoms with Gasteiger partial charge in [-0.25, -0.2) is 13.2 Å². The van der Waals surface area contributed by atoms with Gasteiger partial charge in [-0.05, 0) is 66.5 Å². The van der Waals surface area contributed by atoms with E-state index in [0.717, 1.165) is 0 Å². The van der Waals surface area contributed by atoms with Crippen LogP contribution in [0, 0.1) is 0 Å². The fourth-order valence-corrected chi connectivity index (χ4v) is 5.03. The number of hydrogen-bond acceptors (Lipinski definition) is 5. The van der Waals surface area contributed by atoms with E-state index in [1.165, 1.54) is 4.90 Å². The number of sulfone groups is 1. The van der Waals surface area contributed by atoms with E-state index in [1.54, 1.807) is 51.1 Å². The van der Waals surface area contributed by atoms with Crippen LogP contribution in [0.5, 0.6) is 0 Å². The van der Waals surface area contributed by atoms with Crippen LogP contribution >= 0.6 is 0 Å². The Hall–Kier alpha value is -2.09. The summed E-state index contributed by atoms with van der Waals surface area (Å²) in [5.41, 5.74) is -1.23. The Morgan fingerprint density at radius 1 is 1.07 bits per heavy atom. The number of carbonyl (C=O) groups excluding carboxylic acids is 2. The largest absolute Gasteiger partial charge is 0.444 e. The predicted molar refractivity (Wildman–Crippen MR) is 111 cm³/mol. The van der Waals surface area contributed by atoms with E-state index in [9.17, 15) is 18.0 Å². The highest BCUT2D eigenvalue weighted by Gasteiger charge is 2.43. The maximum absolute atomic E-state index is 13.1. The quantitative estimate of drug-likeness (QED) is 0.805. The predicted octanol–water partition coefficient (Wildman–Crippen LogP) is 3.14. The highest BCUT2D eigenvalue weighted by molar-refractivity contribution is 7.92. The minimum absolute atomic E-state index is 0.0262. The molecule has 1 fully saturated rings. The molecule has 1 N–H and O–H groups in total. The van der Waals surface area contributed by atoms with Crippen molar-refractivity contribution >= 4 is 21.8 Å². The minimum atomic E-state index is -3.62. The average molecular weight is 425 g/mol. The lowest BCUT2D eigenvalue weighted by Crippen LogP contribution is -2.58. The van der Waals surface area contributed by atoms with E-state index in [0.29, 0.717) is 0 Å². The molecule has 0 aromatic heterocycles. The number of amides is 2. The summed E-state index contributed by atoms with van der Waals surface area (Å²) in [4.78, 5) is 27.2. The van der Waals surface area contributed by atoms with Crippen LogP contribution < -0.4 is 5.32 Å². The first kappa shape index (κ1) is 23.2. The summed E-state index contributed by atoms with van der Waals surface area (Å²) < 4.78 is 31.6. The zero-order chi connectivity index (χ0) is 22.0. The second-order valence-corrected chi connectivity index (χ2v) is 11.7. The number of nitrogens with one attached hydrogen (secondary N) is 1. The summed E-state index contributed by atoms with van der Waals surface area (Å²) in [6, 6.07) is 7.30. The molecule has 8 heteroatoms. The van der Waals surface area contributed by atoms with Gasteiger partial charge in [0.15, 0.2) is 9.84 Å². The Kier molecular flexibility index (Phi) is 6.67. The topological polar surface area (TPSA) is 92.8 Å². The fraction of sp³-hybridized carbons (Fsp3) is 0.619. The molecule has 1 aliphatic heterocycles. The molecule has 0 radical (unpaired) electrons. The van der Waals surface area contributed by atoms with E-state index >= 15 is 0 Å². The van der Waals surface area contributed by atoms with Gasteiger partial charge in [0.2, 0.25) is 5.91 Å². The summed E-state index contributed by atoms with van der Waals surface area (Å²) in [5.74, 6) is -0.378. The number of benzene rings is 1. The number of nitrogens with zero attached hydrogens (tertiary/aromatic N) is 1. The molecule has 2 atom stereocenters. The molecule has 0 saturated carbocycles. The Morgan fingerprint density at radius 2 is 1.66 bits per heavy atom. The van der Waals surface area contributed by atoms with Gasteiger partial charge in [-0.15, -0.1) is 0 Å². The Labute approximate surface area is 173 Å². The van der Waals surface area contributed by atoms with Crippen molar-refractivity contribution < 1.29 is 22.7 Å². The van der Waals surface area contributed by atoms with Crippen molar-refractivity contribution in [1.29, 1.82) is 0 Å². The molecule has 1 heterocycles. The van der Waals surface area contributed by atoms with Gasteiger partial charge in [-0.3, -0.25) is 9.69 Å². The lowest BCUT2D eigenvalue weighted by molar-refractivity contribution is -0.129. The lowest BCUT2D eigenvalue weighted by Gasteiger charge is -2.39. The molecule has 0 aliphatic carbocycles. The van der Waals surface area contributed by atoms with Crippen LogP contribution in [0.3, 0.4) is 0 Å². The smallest absolute Gasteiger partial charge is 0.410 e. The molecular weight excluding hydrogens is 392 g/mol. The molecule has 1 aromatic rings. The van der Waals surface area contributed by atoms with Gasteiger partial charge in [0.1, 0.15) is 11.6 Å². The molecule has 0 spiro atoms. The molecule has 1 aliphatic rings. The number of carbonyl (C=O) groups is 2. The van der Waals surface area contributed by atoms with Crippen molar-refractivity contribution in [2.45, 2.75) is 81.7 Å². The van der Waals surface area contributed by atoms with Crippen molar-refractivity contribution in [1.82, 2.24) is 10.2 Å². The highest BCUT2D eigenvalue weighted by Crippen LogP contribution is 2.29. The summed E-state index contributed by atoms with van der Waals surface area (Å²) in [5, 5.41) is 2.11. The molecule has 162 valence electrons. The first-order valence-corrected chi connectivity index (χ1v) is 11.4. The molecule has 2 unspecified atom stereocenters. The highest BCUT2D eigenvalue weighted by atomic mass is 32.2. The Bertz CT molecular complexity index is 838. The van der Waals surface area contributed by atoms with Gasteiger partial charge in [0, 0.05) is 12.1 Å². The number of hydrogen-bond donors (Lipinski definition) is 1. The molecule has 7 nitrogen and oxygen atoms in total. The van der Waals surface area contributed by atoms with Crippen LogP contribution in [-0.2, 0) is 19.4 Å². The number of likely N-dealkylation sites (tertiary alicyclic amines) is 1. The van der Waals surface area contributed by atoms with Crippen LogP contribution in [0.4, 0.5) is 4.79 Å². The monoisotopic (exact) mass is 424 g/mol. The number of ether oxygens (including phenoxy) is 1. The minimum Gasteiger partial charge on any atom is -0.444 e. The van der Waals surface area contributed by atoms with Crippen LogP contribution in [0.15, 0.2) is 35.2 Å². The fourth-order valence-electron chi connectivity index (χ4n) is 3.26. The zero-order valence-corrected chi connectivity index (χ0v) is 18.9. The molecule has 0 bridgehead atoms. The lowest BCUT2D eigenvalue weighted by atomic mass is 9.99. The van der Waals surface area contributed by atoms with E-state index in [1.807, 2.05) is 20.8 Å². The molecule has 2 rings (SSSR count). The standard InChI is InChI=1S/C21H32N2O5S/c1-20(2,3)22-18(24)17-14-16(29(26,27)15-10-8-7-9-11-15)12-13-23(17)19(25)28-21(4,5)6/h7-11,16-17H,12-14H2,1-6H3,(H,22,24). The number of rotatable bonds is 3. The van der Waals surface area contributed by atoms with Crippen molar-refractivity contribution in [2.24, 2.45) is 0 Å². The van der Waals surface area contributed by atoms with E-state index in [-0.39, 0.29) is 30.2 Å². The summed E-state index contributed by atoms with van der Waals surface area (Å²) in [6.07, 6.45) is -0.337. The third-order valence-electron chi connectivity index (χ3n) is 4.49. The maximum atomic E-state index is 13.1. The first-order valence-electron chi connectivity index (χ1n) is 9.81. The molecule has 2 amide bonds. The number of piperidine rings is 1. The Morgan fingerprint density at radius 3 is 2.17 bits per heavy atom. The second-order valence-electron chi connectivity index (χ2n) is 9.43. The molecule has 29 heavy (non-hydrogen) atoms. The summed E-state index contributed by atoms with van der Waals surface area (Å²) in [6.45, 7) is 10.9. The van der Waals surface area contributed by atoms with Gasteiger partial charge in [-0.2, -0.15) is 0 Å². The van der Waals surface area contributed by atoms with E-state index in [4.69, 9.17) is 4.74 Å². The molecule has 1 saturated heterocycles. The van der Waals surface area contributed by atoms with Crippen molar-refractivity contribution in [3.05, 3.63) is 30.3 Å². The second kappa shape index (κ2) is 8.34. The summed E-state index contributed by atoms with van der Waals surface area (Å²) in [7, 11) is -3.62. The van der Waals surface area contributed by atoms with Gasteiger partial charge < -0.3 is 10.1 Å². The Balaban J connectivity index is 2.31. The first-order chi connectivity index (χ1) is 13.2. The molecule has 1 aromatic carbocycles. The third-order valence-corrected chi connectivity index (χ3v) is 6.73. The average Bonchev–Trinajstić information content (AvgIpc) is 2.59. The van der Waals surface area contributed by atoms with Crippen molar-refractivity contribution in [3.8, 4) is 0 Å². The van der Waals surface area contributed by atoms with E-state index < -0.39 is 38.4 Å². The van der Waals surface area contributed by atoms with Crippen LogP contribution in [0.25, 0.3) is 0 Å². The maximum Gasteiger partial charge on any atom is 0.410 e. The van der Waals surface area contributed by atoms with Crippen molar-refractivity contribution in [2.75, 3.05) is 6.54 Å². The van der Waals surface area contributed by atoms with Gasteiger partial charge in [0.25, 0.3) is 0 Å². The zero-order valence-electron chi connectivity index (χ0n) is 18.1. The molecular formula is C21H32N2O5S. The van der Waals surface area contributed by atoms with Gasteiger partial charge in [-0.1, -0.05) is 18.2 Å². The summed E-state index contributed by atoms with van der Waals surface area (Å²) >= 11 is 0. The van der Waals surface area contributed by atoms with Gasteiger partial charge >= 0.3 is 6.09 Å². The van der Waals surface area contributed by atoms with Crippen LogP contribution in [0.1, 0.15) is 54.4 Å². The third kappa shape index (κ3) is 6.19. The normalized spacial score (nSPS) is 20.8.